The number of benzene rings is 2. The molecule has 1 N–H and O–H groups in total. The number of thiol groups is 1. The predicted octanol–water partition coefficient (Wildman–Crippen LogP) is 1.92. The first kappa shape index (κ1) is 14.6. The molecule has 0 aliphatic carbocycles. The Bertz CT molecular complexity index is 766. The summed E-state index contributed by atoms with van der Waals surface area (Å²) in [6.07, 6.45) is 0. The van der Waals surface area contributed by atoms with Crippen molar-refractivity contribution in [2.75, 3.05) is 4.31 Å². The van der Waals surface area contributed by atoms with Gasteiger partial charge in [0.05, 0.1) is 28.6 Å². The van der Waals surface area contributed by atoms with Crippen molar-refractivity contribution in [3.05, 3.63) is 59.7 Å². The zero-order chi connectivity index (χ0) is 15.4. The first-order valence-electron chi connectivity index (χ1n) is 5.81. The first-order chi connectivity index (χ1) is 10.0. The Kier molecular flexibility index (Phi) is 4.21. The van der Waals surface area contributed by atoms with Gasteiger partial charge in [-0.3, -0.25) is 0 Å². The highest BCUT2D eigenvalue weighted by Crippen LogP contribution is 2.26. The molecule has 0 atom stereocenters. The van der Waals surface area contributed by atoms with E-state index in [0.717, 1.165) is 4.31 Å². The molecule has 0 aliphatic rings. The molecule has 106 valence electrons. The van der Waals surface area contributed by atoms with E-state index in [2.05, 4.69) is 0 Å². The standard InChI is InChI=1S/C14H10N2O4S/c15-9-10-1-5-12(6-2-10)16(21(19)20)13-7-3-11(4-8-13)14(17)18/h1-8,21H,(H,17,18). The maximum absolute atomic E-state index is 11.5. The van der Waals surface area contributed by atoms with Crippen LogP contribution in [0.25, 0.3) is 0 Å². The van der Waals surface area contributed by atoms with Crippen LogP contribution in [0.5, 0.6) is 0 Å². The number of hydrogen-bond donors (Lipinski definition) is 2. The summed E-state index contributed by atoms with van der Waals surface area (Å²) >= 11 is 0. The molecule has 0 radical (unpaired) electrons. The molecular weight excluding hydrogens is 292 g/mol. The monoisotopic (exact) mass is 302 g/mol. The normalized spacial score (nSPS) is 10.1. The molecule has 0 unspecified atom stereocenters. The number of aromatic carboxylic acids is 1. The summed E-state index contributed by atoms with van der Waals surface area (Å²) in [6, 6.07) is 13.5. The van der Waals surface area contributed by atoms with Crippen LogP contribution in [0, 0.1) is 11.3 Å². The smallest absolute Gasteiger partial charge is 0.335 e. The molecule has 0 spiro atoms. The van der Waals surface area contributed by atoms with Gasteiger partial charge < -0.3 is 5.11 Å². The number of anilines is 2. The van der Waals surface area contributed by atoms with Crippen LogP contribution >= 0.6 is 0 Å². The lowest BCUT2D eigenvalue weighted by Crippen LogP contribution is -2.14. The molecular formula is C14H10N2O4S. The summed E-state index contributed by atoms with van der Waals surface area (Å²) in [5.41, 5.74) is 1.18. The van der Waals surface area contributed by atoms with Gasteiger partial charge in [0.25, 0.3) is 0 Å². The Labute approximate surface area is 122 Å². The molecule has 0 aliphatic heterocycles. The molecule has 0 saturated heterocycles. The minimum absolute atomic E-state index is 0.0691. The molecule has 0 bridgehead atoms. The van der Waals surface area contributed by atoms with Gasteiger partial charge in [0.1, 0.15) is 0 Å². The van der Waals surface area contributed by atoms with E-state index in [9.17, 15) is 13.2 Å². The molecule has 0 amide bonds. The van der Waals surface area contributed by atoms with Crippen molar-refractivity contribution in [1.29, 1.82) is 5.26 Å². The minimum atomic E-state index is -2.95. The third-order valence-electron chi connectivity index (χ3n) is 2.76. The number of rotatable bonds is 4. The van der Waals surface area contributed by atoms with Gasteiger partial charge in [0.15, 0.2) is 0 Å². The van der Waals surface area contributed by atoms with E-state index in [1.54, 1.807) is 0 Å². The molecule has 6 nitrogen and oxygen atoms in total. The number of nitriles is 1. The van der Waals surface area contributed by atoms with Crippen LogP contribution < -0.4 is 4.31 Å². The quantitative estimate of drug-likeness (QED) is 0.841. The van der Waals surface area contributed by atoms with Gasteiger partial charge in [-0.05, 0) is 48.5 Å². The predicted molar refractivity (Wildman–Crippen MR) is 77.0 cm³/mol. The molecule has 2 aromatic rings. The van der Waals surface area contributed by atoms with Crippen LogP contribution in [0.2, 0.25) is 0 Å². The van der Waals surface area contributed by atoms with Crippen molar-refractivity contribution >= 4 is 28.2 Å². The van der Waals surface area contributed by atoms with Gasteiger partial charge >= 0.3 is 5.97 Å². The van der Waals surface area contributed by atoms with E-state index < -0.39 is 16.9 Å². The lowest BCUT2D eigenvalue weighted by molar-refractivity contribution is 0.0697. The fourth-order valence-corrected chi connectivity index (χ4v) is 2.40. The fourth-order valence-electron chi connectivity index (χ4n) is 1.76. The Balaban J connectivity index is 2.43. The molecule has 0 saturated carbocycles. The van der Waals surface area contributed by atoms with E-state index in [-0.39, 0.29) is 5.56 Å². The second-order valence-electron chi connectivity index (χ2n) is 4.06. The SMILES string of the molecule is N#Cc1ccc(N(c2ccc(C(=O)O)cc2)[SH](=O)=O)cc1. The molecule has 0 fully saturated rings. The summed E-state index contributed by atoms with van der Waals surface area (Å²) in [5, 5.41) is 17.6. The maximum Gasteiger partial charge on any atom is 0.335 e. The van der Waals surface area contributed by atoms with Crippen LogP contribution in [0.15, 0.2) is 48.5 Å². The van der Waals surface area contributed by atoms with E-state index in [0.29, 0.717) is 16.9 Å². The number of hydrogen-bond acceptors (Lipinski definition) is 4. The van der Waals surface area contributed by atoms with Crippen molar-refractivity contribution in [2.45, 2.75) is 0 Å². The zero-order valence-electron chi connectivity index (χ0n) is 10.6. The fraction of sp³-hybridized carbons (Fsp3) is 0. The summed E-state index contributed by atoms with van der Waals surface area (Å²) in [5.74, 6) is -1.09. The Morgan fingerprint density at radius 2 is 1.48 bits per heavy atom. The maximum atomic E-state index is 11.5. The average molecular weight is 302 g/mol. The van der Waals surface area contributed by atoms with Gasteiger partial charge in [-0.2, -0.15) is 5.26 Å². The Morgan fingerprint density at radius 1 is 1.00 bits per heavy atom. The van der Waals surface area contributed by atoms with Crippen molar-refractivity contribution in [1.82, 2.24) is 0 Å². The summed E-state index contributed by atoms with van der Waals surface area (Å²) in [4.78, 5) is 10.8. The first-order valence-corrected chi connectivity index (χ1v) is 6.94. The highest BCUT2D eigenvalue weighted by molar-refractivity contribution is 7.74. The topological polar surface area (TPSA) is 98.5 Å². The summed E-state index contributed by atoms with van der Waals surface area (Å²) in [6.45, 7) is 0. The Hall–Kier alpha value is -2.85. The van der Waals surface area contributed by atoms with E-state index in [1.165, 1.54) is 48.5 Å². The van der Waals surface area contributed by atoms with E-state index in [4.69, 9.17) is 10.4 Å². The van der Waals surface area contributed by atoms with Crippen LogP contribution in [0.3, 0.4) is 0 Å². The number of carboxylic acids is 1. The lowest BCUT2D eigenvalue weighted by atomic mass is 10.2. The molecule has 0 heterocycles. The van der Waals surface area contributed by atoms with E-state index in [1.807, 2.05) is 6.07 Å². The lowest BCUT2D eigenvalue weighted by Gasteiger charge is -2.17. The third kappa shape index (κ3) is 3.19. The van der Waals surface area contributed by atoms with E-state index >= 15 is 0 Å². The second kappa shape index (κ2) is 6.07. The molecule has 7 heteroatoms. The van der Waals surface area contributed by atoms with Gasteiger partial charge in [0, 0.05) is 0 Å². The summed E-state index contributed by atoms with van der Waals surface area (Å²) in [7, 11) is -2.95. The largest absolute Gasteiger partial charge is 0.478 e. The minimum Gasteiger partial charge on any atom is -0.478 e. The van der Waals surface area contributed by atoms with Crippen molar-refractivity contribution in [3.63, 3.8) is 0 Å². The van der Waals surface area contributed by atoms with Crippen LogP contribution in [0.1, 0.15) is 15.9 Å². The molecule has 2 aromatic carbocycles. The van der Waals surface area contributed by atoms with Crippen LogP contribution in [-0.4, -0.2) is 19.5 Å². The van der Waals surface area contributed by atoms with Crippen LogP contribution in [0.4, 0.5) is 11.4 Å². The zero-order valence-corrected chi connectivity index (χ0v) is 11.5. The third-order valence-corrected chi connectivity index (χ3v) is 3.55. The van der Waals surface area contributed by atoms with Gasteiger partial charge in [-0.15, -0.1) is 0 Å². The van der Waals surface area contributed by atoms with Crippen molar-refractivity contribution in [3.8, 4) is 6.07 Å². The highest BCUT2D eigenvalue weighted by atomic mass is 32.2. The van der Waals surface area contributed by atoms with Gasteiger partial charge in [-0.1, -0.05) is 0 Å². The average Bonchev–Trinajstić information content (AvgIpc) is 2.48. The highest BCUT2D eigenvalue weighted by Gasteiger charge is 2.12. The van der Waals surface area contributed by atoms with Gasteiger partial charge in [-0.25, -0.2) is 17.5 Å². The Morgan fingerprint density at radius 3 is 1.86 bits per heavy atom. The van der Waals surface area contributed by atoms with Crippen LogP contribution in [-0.2, 0) is 10.9 Å². The summed E-state index contributed by atoms with van der Waals surface area (Å²) < 4.78 is 24.0. The number of nitrogens with zero attached hydrogens (tertiary/aromatic N) is 2. The molecule has 0 aromatic heterocycles. The number of carbonyl (C=O) groups is 1. The number of carboxylic acid groups (broad SMARTS) is 1. The van der Waals surface area contributed by atoms with Crippen molar-refractivity contribution in [2.24, 2.45) is 0 Å². The van der Waals surface area contributed by atoms with Gasteiger partial charge in [0.2, 0.25) is 10.9 Å². The second-order valence-corrected chi connectivity index (χ2v) is 4.94. The molecule has 21 heavy (non-hydrogen) atoms. The molecule has 2 rings (SSSR count). The van der Waals surface area contributed by atoms with Crippen molar-refractivity contribution < 1.29 is 18.3 Å².